The summed E-state index contributed by atoms with van der Waals surface area (Å²) < 4.78 is 5.60. The van der Waals surface area contributed by atoms with Gasteiger partial charge < -0.3 is 14.5 Å². The molecule has 0 unspecified atom stereocenters. The molecule has 0 bridgehead atoms. The zero-order chi connectivity index (χ0) is 18.5. The smallest absolute Gasteiger partial charge is 0.410 e. The maximum absolute atomic E-state index is 12.8. The van der Waals surface area contributed by atoms with Crippen LogP contribution in [0.3, 0.4) is 0 Å². The standard InChI is InChI=1S/C22H27N3O2/c26-22(27-17-18-9-3-1-4-10-18)25-16-8-12-20(25)19-11-7-13-23-21(19)24-14-5-2-6-15-24/h1,3-4,7,9-11,13,20H,2,5-6,8,12,14-17H2/t20-/m1/s1. The number of rotatable bonds is 4. The molecule has 0 spiro atoms. The summed E-state index contributed by atoms with van der Waals surface area (Å²) in [4.78, 5) is 21.7. The molecule has 3 heterocycles. The van der Waals surface area contributed by atoms with Gasteiger partial charge in [0.1, 0.15) is 12.4 Å². The minimum atomic E-state index is -0.227. The van der Waals surface area contributed by atoms with Crippen LogP contribution in [0.25, 0.3) is 0 Å². The van der Waals surface area contributed by atoms with Crippen molar-refractivity contribution in [3.63, 3.8) is 0 Å². The quantitative estimate of drug-likeness (QED) is 0.798. The first-order valence-electron chi connectivity index (χ1n) is 10.00. The Hall–Kier alpha value is -2.56. The van der Waals surface area contributed by atoms with Gasteiger partial charge in [-0.3, -0.25) is 0 Å². The molecule has 0 saturated carbocycles. The van der Waals surface area contributed by atoms with Crippen molar-refractivity contribution in [2.75, 3.05) is 24.5 Å². The highest BCUT2D eigenvalue weighted by molar-refractivity contribution is 5.69. The second-order valence-electron chi connectivity index (χ2n) is 7.36. The van der Waals surface area contributed by atoms with Gasteiger partial charge in [-0.25, -0.2) is 9.78 Å². The van der Waals surface area contributed by atoms with E-state index in [0.29, 0.717) is 6.61 Å². The average Bonchev–Trinajstić information content (AvgIpc) is 3.23. The highest BCUT2D eigenvalue weighted by atomic mass is 16.6. The Morgan fingerprint density at radius 1 is 1.00 bits per heavy atom. The molecule has 0 radical (unpaired) electrons. The van der Waals surface area contributed by atoms with Gasteiger partial charge in [0.05, 0.1) is 6.04 Å². The summed E-state index contributed by atoms with van der Waals surface area (Å²) in [5.41, 5.74) is 2.17. The number of hydrogen-bond acceptors (Lipinski definition) is 4. The van der Waals surface area contributed by atoms with Gasteiger partial charge >= 0.3 is 6.09 Å². The number of carbonyl (C=O) groups excluding carboxylic acids is 1. The van der Waals surface area contributed by atoms with Crippen molar-refractivity contribution in [3.8, 4) is 0 Å². The minimum absolute atomic E-state index is 0.0545. The van der Waals surface area contributed by atoms with Crippen molar-refractivity contribution in [1.82, 2.24) is 9.88 Å². The second kappa shape index (κ2) is 8.42. The highest BCUT2D eigenvalue weighted by Crippen LogP contribution is 2.37. The third kappa shape index (κ3) is 4.07. The van der Waals surface area contributed by atoms with Crippen LogP contribution in [-0.4, -0.2) is 35.6 Å². The largest absolute Gasteiger partial charge is 0.445 e. The summed E-state index contributed by atoms with van der Waals surface area (Å²) in [7, 11) is 0. The van der Waals surface area contributed by atoms with Gasteiger partial charge in [-0.1, -0.05) is 36.4 Å². The summed E-state index contributed by atoms with van der Waals surface area (Å²) in [6.45, 7) is 3.16. The van der Waals surface area contributed by atoms with Crippen molar-refractivity contribution >= 4 is 11.9 Å². The third-order valence-electron chi connectivity index (χ3n) is 5.52. The number of likely N-dealkylation sites (tertiary alicyclic amines) is 1. The number of hydrogen-bond donors (Lipinski definition) is 0. The van der Waals surface area contributed by atoms with E-state index in [1.165, 1.54) is 19.3 Å². The summed E-state index contributed by atoms with van der Waals surface area (Å²) in [6, 6.07) is 14.0. The predicted octanol–water partition coefficient (Wildman–Crippen LogP) is 4.55. The van der Waals surface area contributed by atoms with Gasteiger partial charge in [-0.05, 0) is 43.7 Å². The van der Waals surface area contributed by atoms with E-state index in [-0.39, 0.29) is 12.1 Å². The molecule has 2 fully saturated rings. The van der Waals surface area contributed by atoms with Crippen LogP contribution in [0.2, 0.25) is 0 Å². The maximum atomic E-state index is 12.8. The van der Waals surface area contributed by atoms with Gasteiger partial charge in [0.2, 0.25) is 0 Å². The first-order chi connectivity index (χ1) is 13.3. The van der Waals surface area contributed by atoms with Crippen molar-refractivity contribution < 1.29 is 9.53 Å². The Bertz CT molecular complexity index is 759. The lowest BCUT2D eigenvalue weighted by Crippen LogP contribution is -2.34. The molecule has 27 heavy (non-hydrogen) atoms. The van der Waals surface area contributed by atoms with Crippen LogP contribution >= 0.6 is 0 Å². The van der Waals surface area contributed by atoms with Gasteiger partial charge in [-0.15, -0.1) is 0 Å². The fraction of sp³-hybridized carbons (Fsp3) is 0.455. The zero-order valence-corrected chi connectivity index (χ0v) is 15.7. The lowest BCUT2D eigenvalue weighted by atomic mass is 10.0. The number of nitrogens with zero attached hydrogens (tertiary/aromatic N) is 3. The SMILES string of the molecule is O=C(OCc1ccccc1)N1CCC[C@@H]1c1cccnc1N1CCCCC1. The van der Waals surface area contributed by atoms with E-state index >= 15 is 0 Å². The zero-order valence-electron chi connectivity index (χ0n) is 15.7. The molecule has 2 aromatic rings. The average molecular weight is 365 g/mol. The van der Waals surface area contributed by atoms with E-state index in [1.807, 2.05) is 47.5 Å². The van der Waals surface area contributed by atoms with E-state index in [4.69, 9.17) is 4.74 Å². The minimum Gasteiger partial charge on any atom is -0.445 e. The molecule has 0 N–H and O–H groups in total. The van der Waals surface area contributed by atoms with E-state index in [9.17, 15) is 4.79 Å². The normalized spacial score (nSPS) is 19.9. The van der Waals surface area contributed by atoms with Crippen LogP contribution in [0.4, 0.5) is 10.6 Å². The molecule has 5 heteroatoms. The van der Waals surface area contributed by atoms with Gasteiger partial charge in [0.15, 0.2) is 0 Å². The number of carbonyl (C=O) groups is 1. The van der Waals surface area contributed by atoms with Crippen molar-refractivity contribution in [2.45, 2.75) is 44.8 Å². The molecule has 4 rings (SSSR count). The van der Waals surface area contributed by atoms with Gasteiger partial charge in [0, 0.05) is 31.4 Å². The number of anilines is 1. The Morgan fingerprint density at radius 3 is 2.63 bits per heavy atom. The number of benzene rings is 1. The Morgan fingerprint density at radius 2 is 1.81 bits per heavy atom. The van der Waals surface area contributed by atoms with Gasteiger partial charge in [-0.2, -0.15) is 0 Å². The maximum Gasteiger partial charge on any atom is 0.410 e. The molecule has 2 aliphatic rings. The number of piperidine rings is 1. The van der Waals surface area contributed by atoms with E-state index in [2.05, 4.69) is 16.0 Å². The van der Waals surface area contributed by atoms with Crippen LogP contribution < -0.4 is 4.90 Å². The first-order valence-corrected chi connectivity index (χ1v) is 10.00. The number of ether oxygens (including phenoxy) is 1. The molecule has 142 valence electrons. The van der Waals surface area contributed by atoms with Crippen LogP contribution in [0, 0.1) is 0 Å². The van der Waals surface area contributed by atoms with Crippen LogP contribution in [0.15, 0.2) is 48.7 Å². The molecule has 2 aliphatic heterocycles. The fourth-order valence-corrected chi connectivity index (χ4v) is 4.15. The Labute approximate surface area is 161 Å². The molecule has 5 nitrogen and oxygen atoms in total. The molecule has 1 amide bonds. The van der Waals surface area contributed by atoms with Gasteiger partial charge in [0.25, 0.3) is 0 Å². The van der Waals surface area contributed by atoms with Crippen LogP contribution in [0.5, 0.6) is 0 Å². The molecule has 2 saturated heterocycles. The van der Waals surface area contributed by atoms with Crippen molar-refractivity contribution in [1.29, 1.82) is 0 Å². The Balaban J connectivity index is 1.49. The van der Waals surface area contributed by atoms with Crippen LogP contribution in [-0.2, 0) is 11.3 Å². The lowest BCUT2D eigenvalue weighted by molar-refractivity contribution is 0.0921. The molecular formula is C22H27N3O2. The molecule has 1 atom stereocenters. The first kappa shape index (κ1) is 17.8. The third-order valence-corrected chi connectivity index (χ3v) is 5.52. The van der Waals surface area contributed by atoms with E-state index in [0.717, 1.165) is 49.4 Å². The molecule has 1 aromatic heterocycles. The van der Waals surface area contributed by atoms with Crippen molar-refractivity contribution in [2.24, 2.45) is 0 Å². The topological polar surface area (TPSA) is 45.7 Å². The number of pyridine rings is 1. The summed E-state index contributed by atoms with van der Waals surface area (Å²) >= 11 is 0. The summed E-state index contributed by atoms with van der Waals surface area (Å²) in [6.07, 6.45) is 7.31. The summed E-state index contributed by atoms with van der Waals surface area (Å²) in [5.74, 6) is 1.05. The molecular weight excluding hydrogens is 338 g/mol. The number of amides is 1. The monoisotopic (exact) mass is 365 g/mol. The summed E-state index contributed by atoms with van der Waals surface area (Å²) in [5, 5.41) is 0. The highest BCUT2D eigenvalue weighted by Gasteiger charge is 2.34. The predicted molar refractivity (Wildman–Crippen MR) is 106 cm³/mol. The van der Waals surface area contributed by atoms with Crippen molar-refractivity contribution in [3.05, 3.63) is 59.8 Å². The van der Waals surface area contributed by atoms with E-state index in [1.54, 1.807) is 0 Å². The van der Waals surface area contributed by atoms with E-state index < -0.39 is 0 Å². The Kier molecular flexibility index (Phi) is 5.56. The molecule has 1 aromatic carbocycles. The second-order valence-corrected chi connectivity index (χ2v) is 7.36. The van der Waals surface area contributed by atoms with Crippen LogP contribution in [0.1, 0.15) is 49.3 Å². The lowest BCUT2D eigenvalue weighted by Gasteiger charge is -2.32. The molecule has 0 aliphatic carbocycles. The fourth-order valence-electron chi connectivity index (χ4n) is 4.15. The number of aromatic nitrogens is 1.